The summed E-state index contributed by atoms with van der Waals surface area (Å²) in [6.45, 7) is 4.13. The molecule has 0 aliphatic carbocycles. The van der Waals surface area contributed by atoms with Crippen molar-refractivity contribution in [1.82, 2.24) is 14.9 Å². The van der Waals surface area contributed by atoms with E-state index in [1.165, 1.54) is 19.2 Å². The molecule has 48 heavy (non-hydrogen) atoms. The van der Waals surface area contributed by atoms with Gasteiger partial charge in [-0.25, -0.2) is 12.7 Å². The van der Waals surface area contributed by atoms with E-state index in [9.17, 15) is 13.7 Å². The van der Waals surface area contributed by atoms with Gasteiger partial charge in [-0.3, -0.25) is 19.7 Å². The molecule has 5 aromatic rings. The number of sulfonamides is 1. The zero-order valence-electron chi connectivity index (χ0n) is 26.4. The number of carbonyl (C=O) groups is 1. The van der Waals surface area contributed by atoms with Gasteiger partial charge in [-0.05, 0) is 67.6 Å². The molecule has 1 amide bonds. The minimum absolute atomic E-state index is 0.0912. The average Bonchev–Trinajstić information content (AvgIpc) is 3.40. The lowest BCUT2D eigenvalue weighted by Crippen LogP contribution is -2.60. The fraction of sp³-hybridized carbons (Fsp3) is 0.222. The van der Waals surface area contributed by atoms with Crippen LogP contribution in [0.1, 0.15) is 23.6 Å². The molecular weight excluding hydrogens is 628 g/mol. The first-order valence-electron chi connectivity index (χ1n) is 15.5. The summed E-state index contributed by atoms with van der Waals surface area (Å²) in [5, 5.41) is 10.3. The number of pyridine rings is 2. The van der Waals surface area contributed by atoms with Crippen LogP contribution in [0.5, 0.6) is 11.5 Å². The van der Waals surface area contributed by atoms with Crippen molar-refractivity contribution in [1.29, 1.82) is 5.26 Å². The van der Waals surface area contributed by atoms with Gasteiger partial charge < -0.3 is 14.4 Å². The number of para-hydroxylation sites is 1. The molecule has 7 rings (SSSR count). The van der Waals surface area contributed by atoms with Gasteiger partial charge in [-0.1, -0.05) is 18.2 Å². The zero-order chi connectivity index (χ0) is 33.5. The smallest absolute Gasteiger partial charge is 0.271 e. The molecule has 12 heteroatoms. The predicted molar refractivity (Wildman–Crippen MR) is 181 cm³/mol. The summed E-state index contributed by atoms with van der Waals surface area (Å²) in [5.74, 6) is 0.185. The number of carbonyl (C=O) groups excluding carboxylic acids is 1. The van der Waals surface area contributed by atoms with Gasteiger partial charge in [-0.2, -0.15) is 5.26 Å². The summed E-state index contributed by atoms with van der Waals surface area (Å²) in [7, 11) is -3.06. The molecule has 0 radical (unpaired) electrons. The van der Waals surface area contributed by atoms with Gasteiger partial charge in [0.25, 0.3) is 15.9 Å². The quantitative estimate of drug-likeness (QED) is 0.231. The third-order valence-electron chi connectivity index (χ3n) is 9.02. The van der Waals surface area contributed by atoms with E-state index >= 15 is 4.79 Å². The number of hydrogen-bond acceptors (Lipinski definition) is 10. The van der Waals surface area contributed by atoms with Crippen LogP contribution >= 0.6 is 0 Å². The molecule has 1 saturated heterocycles. The highest BCUT2D eigenvalue weighted by Crippen LogP contribution is 2.53. The summed E-state index contributed by atoms with van der Waals surface area (Å²) >= 11 is 0. The monoisotopic (exact) mass is 660 g/mol. The SMILES string of the molecule is CCOc1ccccc1C1(N2CCN(c3ccncc3)CC2)C(=O)N(S(=O)(=O)c2ccc(OC)c3ncccc23)c2ccc(C#N)cc21. The van der Waals surface area contributed by atoms with Crippen LogP contribution in [0.3, 0.4) is 0 Å². The summed E-state index contributed by atoms with van der Waals surface area (Å²) in [6, 6.07) is 24.3. The second-order valence-corrected chi connectivity index (χ2v) is 13.2. The maximum Gasteiger partial charge on any atom is 0.271 e. The predicted octanol–water partition coefficient (Wildman–Crippen LogP) is 4.71. The Kier molecular flexibility index (Phi) is 7.94. The van der Waals surface area contributed by atoms with Crippen LogP contribution in [0.2, 0.25) is 0 Å². The van der Waals surface area contributed by atoms with Crippen molar-refractivity contribution >= 4 is 38.2 Å². The highest BCUT2D eigenvalue weighted by molar-refractivity contribution is 7.93. The molecule has 1 fully saturated rings. The second kappa shape index (κ2) is 12.3. The molecule has 0 saturated carbocycles. The van der Waals surface area contributed by atoms with Crippen LogP contribution in [-0.4, -0.2) is 69.1 Å². The van der Waals surface area contributed by atoms with E-state index in [1.807, 2.05) is 42.2 Å². The number of amides is 1. The van der Waals surface area contributed by atoms with Gasteiger partial charge in [0.1, 0.15) is 17.0 Å². The Morgan fingerprint density at radius 1 is 0.896 bits per heavy atom. The molecule has 0 spiro atoms. The average molecular weight is 661 g/mol. The molecule has 11 nitrogen and oxygen atoms in total. The highest BCUT2D eigenvalue weighted by atomic mass is 32.2. The van der Waals surface area contributed by atoms with Gasteiger partial charge in [0, 0.05) is 67.0 Å². The molecule has 0 N–H and O–H groups in total. The molecule has 3 aromatic carbocycles. The Morgan fingerprint density at radius 3 is 2.40 bits per heavy atom. The van der Waals surface area contributed by atoms with Gasteiger partial charge in [0.05, 0.1) is 35.9 Å². The Bertz CT molecular complexity index is 2180. The fourth-order valence-corrected chi connectivity index (χ4v) is 8.58. The summed E-state index contributed by atoms with van der Waals surface area (Å²) in [6.07, 6.45) is 5.04. The molecule has 2 aliphatic rings. The zero-order valence-corrected chi connectivity index (χ0v) is 27.2. The van der Waals surface area contributed by atoms with Crippen LogP contribution in [-0.2, 0) is 20.4 Å². The number of anilines is 2. The number of nitriles is 1. The minimum Gasteiger partial charge on any atom is -0.494 e. The standard InChI is InChI=1S/C36H32N6O5S/c1-3-47-31-9-5-4-8-28(31)36(41-21-19-40(20-22-41)26-14-17-38-18-15-26)29-23-25(24-37)10-11-30(29)42(35(36)43)48(44,45)33-13-12-32(46-2)34-27(33)7-6-16-39-34/h4-18,23H,3,19-22H2,1-2H3. The van der Waals surface area contributed by atoms with Crippen molar-refractivity contribution in [2.24, 2.45) is 0 Å². The van der Waals surface area contributed by atoms with E-state index in [4.69, 9.17) is 9.47 Å². The van der Waals surface area contributed by atoms with Gasteiger partial charge >= 0.3 is 0 Å². The maximum atomic E-state index is 15.5. The van der Waals surface area contributed by atoms with E-state index in [0.29, 0.717) is 71.9 Å². The number of nitrogens with zero attached hydrogens (tertiary/aromatic N) is 6. The number of piperazine rings is 1. The largest absolute Gasteiger partial charge is 0.494 e. The van der Waals surface area contributed by atoms with Crippen molar-refractivity contribution in [3.63, 3.8) is 0 Å². The molecule has 2 aliphatic heterocycles. The normalized spacial score (nSPS) is 18.1. The Hall–Kier alpha value is -5.51. The van der Waals surface area contributed by atoms with Crippen molar-refractivity contribution in [3.8, 4) is 17.6 Å². The van der Waals surface area contributed by atoms with E-state index < -0.39 is 21.5 Å². The lowest BCUT2D eigenvalue weighted by Gasteiger charge is -2.46. The number of rotatable bonds is 8. The van der Waals surface area contributed by atoms with Crippen LogP contribution in [0.4, 0.5) is 11.4 Å². The first kappa shape index (κ1) is 31.1. The summed E-state index contributed by atoms with van der Waals surface area (Å²) in [5.41, 5.74) is 1.10. The van der Waals surface area contributed by atoms with E-state index in [-0.39, 0.29) is 10.6 Å². The fourth-order valence-electron chi connectivity index (χ4n) is 6.93. The van der Waals surface area contributed by atoms with Gasteiger partial charge in [0.2, 0.25) is 0 Å². The molecule has 2 aromatic heterocycles. The van der Waals surface area contributed by atoms with Crippen LogP contribution in [0.25, 0.3) is 10.9 Å². The Balaban J connectivity index is 1.46. The molecular formula is C36H32N6O5S. The van der Waals surface area contributed by atoms with E-state index in [1.54, 1.807) is 55.0 Å². The third kappa shape index (κ3) is 4.73. The first-order chi connectivity index (χ1) is 23.4. The van der Waals surface area contributed by atoms with Crippen LogP contribution in [0, 0.1) is 11.3 Å². The highest BCUT2D eigenvalue weighted by Gasteiger charge is 2.60. The molecule has 0 bridgehead atoms. The topological polar surface area (TPSA) is 129 Å². The minimum atomic E-state index is -4.55. The van der Waals surface area contributed by atoms with E-state index in [0.717, 1.165) is 9.99 Å². The lowest BCUT2D eigenvalue weighted by molar-refractivity contribution is -0.127. The number of benzene rings is 3. The summed E-state index contributed by atoms with van der Waals surface area (Å²) in [4.78, 5) is 28.1. The molecule has 1 atom stereocenters. The number of hydrogen-bond donors (Lipinski definition) is 0. The summed E-state index contributed by atoms with van der Waals surface area (Å²) < 4.78 is 42.4. The Labute approximate surface area is 278 Å². The van der Waals surface area contributed by atoms with Crippen LogP contribution in [0.15, 0.2) is 102 Å². The number of fused-ring (bicyclic) bond motifs is 2. The van der Waals surface area contributed by atoms with Crippen molar-refractivity contribution in [2.75, 3.05) is 49.1 Å². The van der Waals surface area contributed by atoms with Gasteiger partial charge in [0.15, 0.2) is 5.54 Å². The lowest BCUT2D eigenvalue weighted by atomic mass is 9.80. The first-order valence-corrected chi connectivity index (χ1v) is 17.0. The molecule has 242 valence electrons. The maximum absolute atomic E-state index is 15.5. The number of aromatic nitrogens is 2. The Morgan fingerprint density at radius 2 is 1.67 bits per heavy atom. The second-order valence-electron chi connectivity index (χ2n) is 11.4. The molecule has 4 heterocycles. The third-order valence-corrected chi connectivity index (χ3v) is 10.8. The van der Waals surface area contributed by atoms with Crippen LogP contribution < -0.4 is 18.7 Å². The number of ether oxygens (including phenoxy) is 2. The van der Waals surface area contributed by atoms with Crippen molar-refractivity contribution in [2.45, 2.75) is 17.4 Å². The number of methoxy groups -OCH3 is 1. The van der Waals surface area contributed by atoms with E-state index in [2.05, 4.69) is 20.9 Å². The molecule has 1 unspecified atom stereocenters. The van der Waals surface area contributed by atoms with Crippen molar-refractivity contribution < 1.29 is 22.7 Å². The van der Waals surface area contributed by atoms with Gasteiger partial charge in [-0.15, -0.1) is 0 Å². The van der Waals surface area contributed by atoms with Crippen molar-refractivity contribution in [3.05, 3.63) is 114 Å².